The average molecular weight is 295 g/mol. The van der Waals surface area contributed by atoms with Crippen molar-refractivity contribution in [3.63, 3.8) is 0 Å². The van der Waals surface area contributed by atoms with Crippen LogP contribution < -0.4 is 10.2 Å². The van der Waals surface area contributed by atoms with E-state index >= 15 is 0 Å². The van der Waals surface area contributed by atoms with E-state index in [0.717, 1.165) is 36.6 Å². The van der Waals surface area contributed by atoms with E-state index in [0.29, 0.717) is 6.04 Å². The van der Waals surface area contributed by atoms with E-state index in [1.807, 2.05) is 17.5 Å². The lowest BCUT2D eigenvalue weighted by molar-refractivity contribution is 0.226. The van der Waals surface area contributed by atoms with Crippen LogP contribution in [0.15, 0.2) is 6.20 Å². The molecule has 3 unspecified atom stereocenters. The van der Waals surface area contributed by atoms with Crippen molar-refractivity contribution in [2.75, 3.05) is 18.0 Å². The topological polar surface area (TPSA) is 28.2 Å². The maximum absolute atomic E-state index is 4.55. The second kappa shape index (κ2) is 7.41. The summed E-state index contributed by atoms with van der Waals surface area (Å²) in [5.74, 6) is 1.75. The third kappa shape index (κ3) is 3.95. The highest BCUT2D eigenvalue weighted by atomic mass is 32.1. The molecule has 1 aromatic heterocycles. The van der Waals surface area contributed by atoms with Crippen LogP contribution in [0.25, 0.3) is 0 Å². The quantitative estimate of drug-likeness (QED) is 0.862. The number of nitrogens with zero attached hydrogens (tertiary/aromatic N) is 2. The Morgan fingerprint density at radius 3 is 2.65 bits per heavy atom. The largest absolute Gasteiger partial charge is 0.349 e. The Hall–Kier alpha value is -0.610. The fourth-order valence-corrected chi connectivity index (χ4v) is 3.99. The molecule has 4 heteroatoms. The van der Waals surface area contributed by atoms with E-state index < -0.39 is 0 Å². The second-order valence-corrected chi connectivity index (χ2v) is 7.22. The number of nitrogens with one attached hydrogen (secondary N) is 1. The van der Waals surface area contributed by atoms with E-state index in [1.54, 1.807) is 0 Å². The van der Waals surface area contributed by atoms with E-state index in [4.69, 9.17) is 0 Å². The minimum absolute atomic E-state index is 0.695. The van der Waals surface area contributed by atoms with Gasteiger partial charge in [0.25, 0.3) is 0 Å². The molecule has 1 fully saturated rings. The molecule has 20 heavy (non-hydrogen) atoms. The normalized spacial score (nSPS) is 26.7. The third-order valence-electron chi connectivity index (χ3n) is 4.74. The summed E-state index contributed by atoms with van der Waals surface area (Å²) in [4.78, 5) is 8.23. The molecule has 1 aliphatic rings. The second-order valence-electron chi connectivity index (χ2n) is 6.13. The predicted molar refractivity (Wildman–Crippen MR) is 88.5 cm³/mol. The van der Waals surface area contributed by atoms with Crippen molar-refractivity contribution < 1.29 is 0 Å². The lowest BCUT2D eigenvalue weighted by atomic mass is 9.79. The molecule has 0 amide bonds. The third-order valence-corrected chi connectivity index (χ3v) is 5.80. The fraction of sp³-hybridized carbons (Fsp3) is 0.812. The van der Waals surface area contributed by atoms with Crippen molar-refractivity contribution in [2.45, 2.75) is 59.5 Å². The predicted octanol–water partition coefficient (Wildman–Crippen LogP) is 3.90. The molecule has 0 bridgehead atoms. The molecule has 3 atom stereocenters. The minimum Gasteiger partial charge on any atom is -0.349 e. The van der Waals surface area contributed by atoms with Gasteiger partial charge in [0.15, 0.2) is 5.13 Å². The van der Waals surface area contributed by atoms with Gasteiger partial charge in [-0.05, 0) is 44.9 Å². The Kier molecular flexibility index (Phi) is 5.85. The SMILES string of the molecule is CCN(CC)c1ncc(CNC2CCC(C)C(C)C2)s1. The number of aromatic nitrogens is 1. The summed E-state index contributed by atoms with van der Waals surface area (Å²) in [5, 5.41) is 4.89. The number of hydrogen-bond donors (Lipinski definition) is 1. The molecule has 1 heterocycles. The standard InChI is InChI=1S/C16H29N3S/c1-5-19(6-2)16-18-11-15(20-16)10-17-14-8-7-12(3)13(4)9-14/h11-14,17H,5-10H2,1-4H3. The molecule has 3 nitrogen and oxygen atoms in total. The molecule has 0 radical (unpaired) electrons. The number of anilines is 1. The summed E-state index contributed by atoms with van der Waals surface area (Å²) in [6.07, 6.45) is 6.06. The van der Waals surface area contributed by atoms with Gasteiger partial charge < -0.3 is 10.2 Å². The highest BCUT2D eigenvalue weighted by molar-refractivity contribution is 7.15. The molecule has 114 valence electrons. The van der Waals surface area contributed by atoms with Gasteiger partial charge in [0, 0.05) is 36.8 Å². The zero-order chi connectivity index (χ0) is 14.5. The van der Waals surface area contributed by atoms with Gasteiger partial charge in [-0.2, -0.15) is 0 Å². The Labute approximate surface area is 127 Å². The first-order chi connectivity index (χ1) is 9.63. The van der Waals surface area contributed by atoms with Crippen LogP contribution in [-0.4, -0.2) is 24.1 Å². The smallest absolute Gasteiger partial charge is 0.185 e. The first kappa shape index (κ1) is 15.8. The highest BCUT2D eigenvalue weighted by Crippen LogP contribution is 2.30. The molecule has 1 aliphatic carbocycles. The van der Waals surface area contributed by atoms with Crippen LogP contribution in [0.5, 0.6) is 0 Å². The maximum Gasteiger partial charge on any atom is 0.185 e. The van der Waals surface area contributed by atoms with Crippen molar-refractivity contribution in [2.24, 2.45) is 11.8 Å². The van der Waals surface area contributed by atoms with Crippen LogP contribution >= 0.6 is 11.3 Å². The molecule has 1 N–H and O–H groups in total. The average Bonchev–Trinajstić information content (AvgIpc) is 2.90. The van der Waals surface area contributed by atoms with Gasteiger partial charge in [0.05, 0.1) is 0 Å². The summed E-state index contributed by atoms with van der Waals surface area (Å²) in [6, 6.07) is 0.695. The first-order valence-corrected chi connectivity index (χ1v) is 8.88. The van der Waals surface area contributed by atoms with Gasteiger partial charge in [-0.1, -0.05) is 13.8 Å². The van der Waals surface area contributed by atoms with Crippen molar-refractivity contribution in [3.05, 3.63) is 11.1 Å². The summed E-state index contributed by atoms with van der Waals surface area (Å²) < 4.78 is 0. The maximum atomic E-state index is 4.55. The monoisotopic (exact) mass is 295 g/mol. The number of rotatable bonds is 6. The first-order valence-electron chi connectivity index (χ1n) is 8.07. The molecular weight excluding hydrogens is 266 g/mol. The zero-order valence-corrected chi connectivity index (χ0v) is 14.2. The zero-order valence-electron chi connectivity index (χ0n) is 13.4. The molecule has 0 aromatic carbocycles. The van der Waals surface area contributed by atoms with Crippen molar-refractivity contribution in [1.29, 1.82) is 0 Å². The molecule has 0 aliphatic heterocycles. The molecule has 0 saturated heterocycles. The lowest BCUT2D eigenvalue weighted by Crippen LogP contribution is -2.35. The highest BCUT2D eigenvalue weighted by Gasteiger charge is 2.24. The van der Waals surface area contributed by atoms with Gasteiger partial charge in [-0.3, -0.25) is 0 Å². The van der Waals surface area contributed by atoms with E-state index in [-0.39, 0.29) is 0 Å². The fourth-order valence-electron chi connectivity index (χ4n) is 3.00. The summed E-state index contributed by atoms with van der Waals surface area (Å²) in [7, 11) is 0. The number of thiazole rings is 1. The van der Waals surface area contributed by atoms with E-state index in [2.05, 4.69) is 42.9 Å². The lowest BCUT2D eigenvalue weighted by Gasteiger charge is -2.32. The Morgan fingerprint density at radius 1 is 1.25 bits per heavy atom. The van der Waals surface area contributed by atoms with Crippen LogP contribution in [0.1, 0.15) is 51.8 Å². The molecule has 2 rings (SSSR count). The van der Waals surface area contributed by atoms with Crippen LogP contribution in [0.2, 0.25) is 0 Å². The van der Waals surface area contributed by atoms with Crippen molar-refractivity contribution >= 4 is 16.5 Å². The molecule has 1 saturated carbocycles. The van der Waals surface area contributed by atoms with Crippen LogP contribution in [0.3, 0.4) is 0 Å². The van der Waals surface area contributed by atoms with Gasteiger partial charge in [-0.25, -0.2) is 4.98 Å². The van der Waals surface area contributed by atoms with Crippen LogP contribution in [0.4, 0.5) is 5.13 Å². The molecule has 1 aromatic rings. The van der Waals surface area contributed by atoms with E-state index in [1.165, 1.54) is 24.1 Å². The molecular formula is C16H29N3S. The number of hydrogen-bond acceptors (Lipinski definition) is 4. The Balaban J connectivity index is 1.82. The van der Waals surface area contributed by atoms with Crippen molar-refractivity contribution in [1.82, 2.24) is 10.3 Å². The van der Waals surface area contributed by atoms with Gasteiger partial charge in [0.2, 0.25) is 0 Å². The van der Waals surface area contributed by atoms with Gasteiger partial charge >= 0.3 is 0 Å². The van der Waals surface area contributed by atoms with Crippen molar-refractivity contribution in [3.8, 4) is 0 Å². The van der Waals surface area contributed by atoms with Gasteiger partial charge in [0.1, 0.15) is 0 Å². The minimum atomic E-state index is 0.695. The van der Waals surface area contributed by atoms with Crippen LogP contribution in [-0.2, 0) is 6.54 Å². The Morgan fingerprint density at radius 2 is 2.00 bits per heavy atom. The Bertz CT molecular complexity index is 400. The van der Waals surface area contributed by atoms with E-state index in [9.17, 15) is 0 Å². The molecule has 0 spiro atoms. The summed E-state index contributed by atoms with van der Waals surface area (Å²) in [5.41, 5.74) is 0. The van der Waals surface area contributed by atoms with Crippen LogP contribution in [0, 0.1) is 11.8 Å². The summed E-state index contributed by atoms with van der Waals surface area (Å²) >= 11 is 1.83. The van der Waals surface area contributed by atoms with Gasteiger partial charge in [-0.15, -0.1) is 11.3 Å². The summed E-state index contributed by atoms with van der Waals surface area (Å²) in [6.45, 7) is 12.2.